The standard InChI is InChI=1S/3C15H22N4O11P2.C14H20N4O11P2/c3*1-8-17-10-13-16-7-19(14(10)22)15-12(21)11(20)9(29-15)6-28-32(25,26)30-31(23,24)27-5-3-2-4-18(8)13;19-10-8-5-27-31(24,25)29-30(22,23)26-4-2-1-3-17-6-15-9-12(17)16-7-18(13(9)21)14(28-8)11(10)20/h3*7,9,11-12,15,20-21H,2-6H2,1H3,(H,23,24)(H,25,26);6-8,10-11,14,19-20H,1-5H2,(H,22,23)(H,24,25)/p-8/t3*9-,11-,12-,15-;8-,10-,11-,14-/m1111/s1. The number of aliphatic hydroxyl groups is 8. The molecule has 0 radical (unpaired) electrons. The van der Waals surface area contributed by atoms with Crippen LogP contribution in [0.2, 0.25) is 0 Å². The fraction of sp³-hybridized carbons (Fsp3) is 0.661. The molecule has 0 saturated carbocycles. The van der Waals surface area contributed by atoms with Crippen LogP contribution in [0.5, 0.6) is 0 Å². The lowest BCUT2D eigenvalue weighted by atomic mass is 10.1. The molecular formula is C59H78N16O44P8-8. The molecule has 8 aromatic heterocycles. The van der Waals surface area contributed by atoms with Crippen molar-refractivity contribution in [1.82, 2.24) is 76.4 Å². The second kappa shape index (κ2) is 39.3. The zero-order chi connectivity index (χ0) is 92.2. The van der Waals surface area contributed by atoms with Crippen LogP contribution >= 0.6 is 62.6 Å². The fourth-order valence-corrected chi connectivity index (χ4v) is 22.1. The predicted octanol–water partition coefficient (Wildman–Crippen LogP) is -7.10. The average molecular weight is 1960 g/mol. The molecule has 20 rings (SSSR count). The van der Waals surface area contributed by atoms with E-state index in [2.05, 4.69) is 93.3 Å². The molecule has 20 heterocycles. The van der Waals surface area contributed by atoms with E-state index in [1.54, 1.807) is 39.0 Å². The Morgan fingerprint density at radius 1 is 0.299 bits per heavy atom. The Labute approximate surface area is 709 Å². The van der Waals surface area contributed by atoms with Crippen LogP contribution in [-0.4, -0.2) is 243 Å². The molecule has 0 amide bonds. The first-order valence-electron chi connectivity index (χ1n) is 37.9. The highest BCUT2D eigenvalue weighted by atomic mass is 31.3. The summed E-state index contributed by atoms with van der Waals surface area (Å²) in [7, 11) is -42.6. The smallest absolute Gasteiger partial charge is 0.283 e. The van der Waals surface area contributed by atoms with Crippen LogP contribution in [0.1, 0.15) is 93.8 Å². The van der Waals surface area contributed by atoms with Gasteiger partial charge in [-0.15, -0.1) is 0 Å². The van der Waals surface area contributed by atoms with E-state index in [0.29, 0.717) is 69.3 Å². The summed E-state index contributed by atoms with van der Waals surface area (Å²) in [6, 6.07) is 0. The number of hydrogen-bond acceptors (Lipinski definition) is 52. The maximum Gasteiger partial charge on any atom is 0.283 e. The molecule has 8 aromatic rings. The summed E-state index contributed by atoms with van der Waals surface area (Å²) in [5.41, 5.74) is -1.42. The van der Waals surface area contributed by atoms with E-state index >= 15 is 0 Å². The van der Waals surface area contributed by atoms with E-state index in [1.807, 2.05) is 0 Å². The molecule has 60 nitrogen and oxygen atoms in total. The van der Waals surface area contributed by atoms with Gasteiger partial charge in [0.15, 0.2) is 69.6 Å². The van der Waals surface area contributed by atoms with Crippen LogP contribution in [0.25, 0.3) is 44.7 Å². The number of fused-ring (bicyclic) bond motifs is 40. The number of phosphoric acid groups is 8. The van der Waals surface area contributed by atoms with E-state index in [9.17, 15) is 136 Å². The number of ether oxygens (including phenoxy) is 4. The quantitative estimate of drug-likeness (QED) is 0.0654. The topological polar surface area (TPSA) is 841 Å². The second-order valence-electron chi connectivity index (χ2n) is 28.8. The van der Waals surface area contributed by atoms with Gasteiger partial charge in [-0.2, -0.15) is 0 Å². The van der Waals surface area contributed by atoms with E-state index in [-0.39, 0.29) is 96.8 Å². The third-order valence-electron chi connectivity index (χ3n) is 20.1. The third kappa shape index (κ3) is 22.7. The lowest BCUT2D eigenvalue weighted by Crippen LogP contribution is -2.36. The number of imidazole rings is 4. The molecule has 12 aliphatic rings. The molecule has 4 fully saturated rings. The van der Waals surface area contributed by atoms with Crippen molar-refractivity contribution in [2.24, 2.45) is 0 Å². The van der Waals surface area contributed by atoms with Crippen molar-refractivity contribution in [2.45, 2.75) is 196 Å². The third-order valence-corrected chi connectivity index (χ3v) is 30.4. The highest BCUT2D eigenvalue weighted by Crippen LogP contribution is 2.59. The van der Waals surface area contributed by atoms with Gasteiger partial charge in [0.25, 0.3) is 84.8 Å². The minimum Gasteiger partial charge on any atom is -0.756 e. The van der Waals surface area contributed by atoms with Crippen molar-refractivity contribution in [3.63, 3.8) is 0 Å². The van der Waals surface area contributed by atoms with Crippen LogP contribution in [0.4, 0.5) is 0 Å². The zero-order valence-corrected chi connectivity index (χ0v) is 72.9. The molecular weight excluding hydrogens is 1880 g/mol. The monoisotopic (exact) mass is 1960 g/mol. The Bertz CT molecular complexity index is 5620. The summed E-state index contributed by atoms with van der Waals surface area (Å²) >= 11 is 0. The van der Waals surface area contributed by atoms with Gasteiger partial charge < -0.3 is 153 Å². The molecule has 8 N–H and O–H groups in total. The van der Waals surface area contributed by atoms with Gasteiger partial charge in [-0.1, -0.05) is 0 Å². The summed E-state index contributed by atoms with van der Waals surface area (Å²) in [5.74, 6) is 1.43. The Kier molecular flexibility index (Phi) is 30.4. The number of rotatable bonds is 0. The first kappa shape index (κ1) is 98.5. The summed E-state index contributed by atoms with van der Waals surface area (Å²) in [6.45, 7) is 1.25. The molecule has 24 atom stereocenters. The lowest BCUT2D eigenvalue weighted by Gasteiger charge is -2.31. The van der Waals surface area contributed by atoms with Crippen LogP contribution in [-0.2, 0) is 135 Å². The van der Waals surface area contributed by atoms with Gasteiger partial charge in [0.2, 0.25) is 0 Å². The van der Waals surface area contributed by atoms with Gasteiger partial charge in [-0.25, -0.2) is 57.1 Å². The van der Waals surface area contributed by atoms with Crippen molar-refractivity contribution in [1.29, 1.82) is 0 Å². The van der Waals surface area contributed by atoms with Crippen LogP contribution in [0.15, 0.2) is 50.8 Å². The zero-order valence-electron chi connectivity index (χ0n) is 65.8. The molecule has 0 aromatic carbocycles. The minimum atomic E-state index is -5.41. The average Bonchev–Trinajstić information content (AvgIpc) is 1.62. The van der Waals surface area contributed by atoms with Gasteiger partial charge in [0.05, 0.1) is 59.2 Å². The highest BCUT2D eigenvalue weighted by molar-refractivity contribution is 7.61. The van der Waals surface area contributed by atoms with Crippen LogP contribution in [0.3, 0.4) is 0 Å². The molecule has 127 heavy (non-hydrogen) atoms. The van der Waals surface area contributed by atoms with Crippen LogP contribution in [0, 0.1) is 20.8 Å². The van der Waals surface area contributed by atoms with Crippen LogP contribution < -0.4 is 61.4 Å². The fourth-order valence-electron chi connectivity index (χ4n) is 13.9. The number of aromatic nitrogens is 16. The summed E-state index contributed by atoms with van der Waals surface area (Å²) < 4.78 is 179. The molecule has 24 bridgehead atoms. The van der Waals surface area contributed by atoms with E-state index in [0.717, 1.165) is 43.6 Å². The first-order valence-corrected chi connectivity index (χ1v) is 49.5. The molecule has 8 unspecified atom stereocenters. The van der Waals surface area contributed by atoms with E-state index in [1.165, 1.54) is 6.33 Å². The Hall–Kier alpha value is -6.04. The van der Waals surface area contributed by atoms with Gasteiger partial charge in [-0.3, -0.25) is 74.0 Å². The van der Waals surface area contributed by atoms with Crippen molar-refractivity contribution in [3.8, 4) is 0 Å². The summed E-state index contributed by atoms with van der Waals surface area (Å²) in [5, 5.41) is 82.2. The Morgan fingerprint density at radius 2 is 0.528 bits per heavy atom. The number of nitrogens with zero attached hydrogens (tertiary/aromatic N) is 16. The Morgan fingerprint density at radius 3 is 0.787 bits per heavy atom. The van der Waals surface area contributed by atoms with Crippen molar-refractivity contribution >= 4 is 107 Å². The van der Waals surface area contributed by atoms with Gasteiger partial charge >= 0.3 is 0 Å². The Balaban J connectivity index is 0.000000145. The highest BCUT2D eigenvalue weighted by Gasteiger charge is 2.50. The minimum absolute atomic E-state index is 0.00799. The first-order chi connectivity index (χ1) is 59.5. The summed E-state index contributed by atoms with van der Waals surface area (Å²) in [4.78, 5) is 180. The predicted molar refractivity (Wildman–Crippen MR) is 395 cm³/mol. The molecule has 4 saturated heterocycles. The van der Waals surface area contributed by atoms with Crippen molar-refractivity contribution < 1.29 is 189 Å². The summed E-state index contributed by atoms with van der Waals surface area (Å²) in [6.07, 6.45) is -16.4. The maximum atomic E-state index is 13.0. The van der Waals surface area contributed by atoms with Gasteiger partial charge in [-0.05, 0) is 72.1 Å². The number of aryl methyl sites for hydroxylation is 7. The molecule has 12 aliphatic heterocycles. The number of phosphoric ester groups is 8. The maximum absolute atomic E-state index is 13.0. The van der Waals surface area contributed by atoms with Gasteiger partial charge in [0, 0.05) is 26.2 Å². The number of hydrogen-bond donors (Lipinski definition) is 8. The van der Waals surface area contributed by atoms with Crippen molar-refractivity contribution in [2.75, 3.05) is 52.9 Å². The second-order valence-corrected chi connectivity index (χ2v) is 40.7. The van der Waals surface area contributed by atoms with Gasteiger partial charge in [0.1, 0.15) is 116 Å². The van der Waals surface area contributed by atoms with Crippen molar-refractivity contribution in [3.05, 3.63) is 90.5 Å². The normalized spacial score (nSPS) is 37.2. The molecule has 706 valence electrons. The number of aliphatic hydroxyl groups excluding tert-OH is 8. The molecule has 68 heteroatoms. The molecule has 0 aliphatic carbocycles. The molecule has 0 spiro atoms. The van der Waals surface area contributed by atoms with E-state index < -0.39 is 209 Å². The SMILES string of the molecule is Cc1nc2c(=O)n3cnc2n1CCCCOP(=O)([O-])OP(=O)([O-])OC[C@H]1O[C@@H]3[C@H](O)[C@@H]1O.Cc1nc2c(=O)n3cnc2n1CCCCOP(=O)([O-])OP(=O)([O-])OC[C@H]1O[C@@H]3[C@H](O)[C@@H]1O.Cc1nc2c(=O)n3cnc2n1CCCCOP(=O)([O-])OP(=O)([O-])OC[C@H]1O[C@@H]3[C@H](O)[C@@H]1O.O=c1c2ncn3c2ncn1[C@@H]1O[C@H](COP(=O)([O-])OP(=O)([O-])OCCCC3)[C@@H](O)[C@H]1O. The lowest BCUT2D eigenvalue weighted by molar-refractivity contribution is -0.248. The largest absolute Gasteiger partial charge is 0.756 e. The van der Waals surface area contributed by atoms with E-state index in [4.69, 9.17) is 18.9 Å².